The summed E-state index contributed by atoms with van der Waals surface area (Å²) < 4.78 is 45.5. The van der Waals surface area contributed by atoms with Gasteiger partial charge < -0.3 is 20.4 Å². The van der Waals surface area contributed by atoms with Gasteiger partial charge in [-0.05, 0) is 44.5 Å². The van der Waals surface area contributed by atoms with Crippen LogP contribution in [0.2, 0.25) is 0 Å². The Balaban J connectivity index is 1.78. The SMILES string of the molecule is CC(C)(C)OC(=O)N[C@H](Cc1ccccc1C(F)(F)F)C(=O)NCc1nc2ncccc2[nH]1. The monoisotopic (exact) mass is 463 g/mol. The Bertz CT molecular complexity index is 1100. The first-order chi connectivity index (χ1) is 15.4. The predicted molar refractivity (Wildman–Crippen MR) is 114 cm³/mol. The van der Waals surface area contributed by atoms with Crippen molar-refractivity contribution in [1.29, 1.82) is 0 Å². The highest BCUT2D eigenvalue weighted by Crippen LogP contribution is 2.32. The Morgan fingerprint density at radius 2 is 1.85 bits per heavy atom. The maximum atomic E-state index is 13.4. The molecule has 1 aromatic carbocycles. The Morgan fingerprint density at radius 1 is 1.12 bits per heavy atom. The molecule has 0 aliphatic carbocycles. The van der Waals surface area contributed by atoms with Crippen LogP contribution in [0.1, 0.15) is 37.7 Å². The van der Waals surface area contributed by atoms with E-state index in [0.717, 1.165) is 6.07 Å². The molecule has 0 aliphatic heterocycles. The number of aromatic nitrogens is 3. The van der Waals surface area contributed by atoms with E-state index < -0.39 is 35.4 Å². The van der Waals surface area contributed by atoms with Gasteiger partial charge >= 0.3 is 12.3 Å². The van der Waals surface area contributed by atoms with Crippen LogP contribution in [0.15, 0.2) is 42.6 Å². The van der Waals surface area contributed by atoms with Crippen LogP contribution in [0.3, 0.4) is 0 Å². The van der Waals surface area contributed by atoms with Crippen LogP contribution in [0.4, 0.5) is 18.0 Å². The first kappa shape index (κ1) is 24.0. The molecule has 176 valence electrons. The molecule has 11 heteroatoms. The van der Waals surface area contributed by atoms with Gasteiger partial charge in [-0.3, -0.25) is 4.79 Å². The number of pyridine rings is 1. The molecular formula is C22H24F3N5O3. The van der Waals surface area contributed by atoms with Crippen molar-refractivity contribution in [3.63, 3.8) is 0 Å². The number of benzene rings is 1. The normalized spacial score (nSPS) is 12.9. The van der Waals surface area contributed by atoms with Crippen molar-refractivity contribution in [1.82, 2.24) is 25.6 Å². The molecule has 3 rings (SSSR count). The number of ether oxygens (including phenoxy) is 1. The van der Waals surface area contributed by atoms with Crippen LogP contribution in [0.25, 0.3) is 11.2 Å². The van der Waals surface area contributed by atoms with Crippen LogP contribution in [0.5, 0.6) is 0 Å². The van der Waals surface area contributed by atoms with E-state index in [1.165, 1.54) is 18.2 Å². The minimum Gasteiger partial charge on any atom is -0.444 e. The van der Waals surface area contributed by atoms with Crippen LogP contribution in [0, 0.1) is 0 Å². The fraction of sp³-hybridized carbons (Fsp3) is 0.364. The summed E-state index contributed by atoms with van der Waals surface area (Å²) in [6.07, 6.45) is -4.34. The third kappa shape index (κ3) is 6.67. The lowest BCUT2D eigenvalue weighted by atomic mass is 9.99. The summed E-state index contributed by atoms with van der Waals surface area (Å²) >= 11 is 0. The predicted octanol–water partition coefficient (Wildman–Crippen LogP) is 3.73. The number of fused-ring (bicyclic) bond motifs is 1. The Hall–Kier alpha value is -3.63. The molecule has 0 saturated carbocycles. The molecule has 0 fully saturated rings. The van der Waals surface area contributed by atoms with Gasteiger partial charge in [0.2, 0.25) is 5.91 Å². The third-order valence-electron chi connectivity index (χ3n) is 4.49. The summed E-state index contributed by atoms with van der Waals surface area (Å²) in [7, 11) is 0. The second kappa shape index (κ2) is 9.47. The van der Waals surface area contributed by atoms with Crippen molar-refractivity contribution < 1.29 is 27.5 Å². The number of halogens is 3. The highest BCUT2D eigenvalue weighted by atomic mass is 19.4. The second-order valence-corrected chi connectivity index (χ2v) is 8.33. The van der Waals surface area contributed by atoms with Crippen molar-refractivity contribution in [2.24, 2.45) is 0 Å². The highest BCUT2D eigenvalue weighted by molar-refractivity contribution is 5.86. The van der Waals surface area contributed by atoms with E-state index in [1.54, 1.807) is 39.1 Å². The van der Waals surface area contributed by atoms with Gasteiger partial charge in [0, 0.05) is 12.6 Å². The average molecular weight is 463 g/mol. The van der Waals surface area contributed by atoms with Crippen molar-refractivity contribution in [3.05, 3.63) is 59.5 Å². The molecule has 3 N–H and O–H groups in total. The first-order valence-electron chi connectivity index (χ1n) is 10.1. The van der Waals surface area contributed by atoms with Crippen molar-refractivity contribution in [2.45, 2.75) is 51.6 Å². The van der Waals surface area contributed by atoms with E-state index in [1.807, 2.05) is 0 Å². The quantitative estimate of drug-likeness (QED) is 0.516. The van der Waals surface area contributed by atoms with E-state index >= 15 is 0 Å². The molecule has 0 bridgehead atoms. The molecule has 3 aromatic rings. The van der Waals surface area contributed by atoms with Crippen molar-refractivity contribution in [3.8, 4) is 0 Å². The van der Waals surface area contributed by atoms with Gasteiger partial charge in [0.05, 0.1) is 17.6 Å². The third-order valence-corrected chi connectivity index (χ3v) is 4.49. The van der Waals surface area contributed by atoms with Gasteiger partial charge in [-0.2, -0.15) is 13.2 Å². The summed E-state index contributed by atoms with van der Waals surface area (Å²) in [5, 5.41) is 4.97. The number of aromatic amines is 1. The topological polar surface area (TPSA) is 109 Å². The van der Waals surface area contributed by atoms with E-state index in [0.29, 0.717) is 17.0 Å². The van der Waals surface area contributed by atoms with E-state index in [4.69, 9.17) is 4.74 Å². The number of rotatable bonds is 6. The molecule has 2 amide bonds. The van der Waals surface area contributed by atoms with Crippen LogP contribution in [-0.2, 0) is 28.7 Å². The number of H-pyrrole nitrogens is 1. The number of carbonyl (C=O) groups excluding carboxylic acids is 2. The smallest absolute Gasteiger partial charge is 0.416 e. The minimum atomic E-state index is -4.61. The van der Waals surface area contributed by atoms with Gasteiger partial charge in [0.1, 0.15) is 17.5 Å². The zero-order valence-electron chi connectivity index (χ0n) is 18.3. The van der Waals surface area contributed by atoms with E-state index in [9.17, 15) is 22.8 Å². The van der Waals surface area contributed by atoms with E-state index in [-0.39, 0.29) is 18.5 Å². The van der Waals surface area contributed by atoms with Gasteiger partial charge in [-0.15, -0.1) is 0 Å². The summed E-state index contributed by atoms with van der Waals surface area (Å²) in [5.74, 6) is -0.282. The number of amides is 2. The average Bonchev–Trinajstić information content (AvgIpc) is 3.13. The number of imidazole rings is 1. The Kier molecular flexibility index (Phi) is 6.89. The zero-order valence-corrected chi connectivity index (χ0v) is 18.3. The highest BCUT2D eigenvalue weighted by Gasteiger charge is 2.34. The summed E-state index contributed by atoms with van der Waals surface area (Å²) in [6, 6.07) is 7.07. The summed E-state index contributed by atoms with van der Waals surface area (Å²) in [6.45, 7) is 4.87. The number of hydrogen-bond acceptors (Lipinski definition) is 5. The largest absolute Gasteiger partial charge is 0.444 e. The minimum absolute atomic E-state index is 0.0391. The summed E-state index contributed by atoms with van der Waals surface area (Å²) in [5.41, 5.74) is -0.726. The molecule has 0 saturated heterocycles. The van der Waals surface area contributed by atoms with Crippen LogP contribution < -0.4 is 10.6 Å². The fourth-order valence-corrected chi connectivity index (χ4v) is 3.13. The second-order valence-electron chi connectivity index (χ2n) is 8.33. The number of carbonyl (C=O) groups is 2. The molecule has 1 atom stereocenters. The zero-order chi connectivity index (χ0) is 24.2. The Morgan fingerprint density at radius 3 is 2.52 bits per heavy atom. The lowest BCUT2D eigenvalue weighted by molar-refractivity contribution is -0.138. The van der Waals surface area contributed by atoms with Gasteiger partial charge in [0.25, 0.3) is 0 Å². The van der Waals surface area contributed by atoms with Gasteiger partial charge in [-0.25, -0.2) is 14.8 Å². The number of alkyl carbamates (subject to hydrolysis) is 1. The molecule has 8 nitrogen and oxygen atoms in total. The van der Waals surface area contributed by atoms with Crippen molar-refractivity contribution >= 4 is 23.2 Å². The molecule has 0 spiro atoms. The standard InChI is InChI=1S/C22H24F3N5O3/c1-21(2,3)33-20(32)29-16(11-13-7-4-5-8-14(13)22(23,24)25)19(31)27-12-17-28-15-9-6-10-26-18(15)30-17/h4-10,16H,11-12H2,1-3H3,(H,27,31)(H,29,32)(H,26,28,30)/t16-/m1/s1. The molecule has 33 heavy (non-hydrogen) atoms. The molecule has 0 radical (unpaired) electrons. The van der Waals surface area contributed by atoms with Crippen LogP contribution >= 0.6 is 0 Å². The van der Waals surface area contributed by atoms with E-state index in [2.05, 4.69) is 25.6 Å². The summed E-state index contributed by atoms with van der Waals surface area (Å²) in [4.78, 5) is 36.5. The maximum absolute atomic E-state index is 13.4. The number of nitrogens with one attached hydrogen (secondary N) is 3. The maximum Gasteiger partial charge on any atom is 0.416 e. The number of nitrogens with zero attached hydrogens (tertiary/aromatic N) is 2. The number of alkyl halides is 3. The molecule has 0 aliphatic rings. The molecule has 2 heterocycles. The van der Waals surface area contributed by atoms with Crippen molar-refractivity contribution in [2.75, 3.05) is 0 Å². The molecular weight excluding hydrogens is 439 g/mol. The fourth-order valence-electron chi connectivity index (χ4n) is 3.13. The first-order valence-corrected chi connectivity index (χ1v) is 10.1. The van der Waals surface area contributed by atoms with Gasteiger partial charge in [0.15, 0.2) is 5.65 Å². The molecule has 0 unspecified atom stereocenters. The lowest BCUT2D eigenvalue weighted by Gasteiger charge is -2.24. The Labute approximate surface area is 188 Å². The van der Waals surface area contributed by atoms with Crippen LogP contribution in [-0.4, -0.2) is 38.6 Å². The molecule has 2 aromatic heterocycles. The van der Waals surface area contributed by atoms with Gasteiger partial charge in [-0.1, -0.05) is 18.2 Å². The number of hydrogen-bond donors (Lipinski definition) is 3. The lowest BCUT2D eigenvalue weighted by Crippen LogP contribution is -2.49.